The smallest absolute Gasteiger partial charge is 0.417 e. The number of halogens is 5. The number of nitrogens with one attached hydrogen (secondary N) is 2. The minimum atomic E-state index is -4.67. The fraction of sp³-hybridized carbons (Fsp3) is 0.429. The van der Waals surface area contributed by atoms with E-state index in [1.165, 1.54) is 7.11 Å². The maximum atomic E-state index is 13.4. The van der Waals surface area contributed by atoms with Crippen LogP contribution in [0.4, 0.5) is 44.0 Å². The van der Waals surface area contributed by atoms with Gasteiger partial charge < -0.3 is 25.3 Å². The molecule has 4 N–H and O–H groups in total. The molecule has 36 heavy (non-hydrogen) atoms. The van der Waals surface area contributed by atoms with Gasteiger partial charge in [-0.2, -0.15) is 18.3 Å². The van der Waals surface area contributed by atoms with E-state index in [1.54, 1.807) is 17.6 Å². The maximum Gasteiger partial charge on any atom is 0.417 e. The standard InChI is InChI=1S/C12H17FN4O.C9H9F4N3O2/c1-18-12(15)10-5-9(6-16-11(10)14)17-4-2-3-8(13)7-17;1-15-4-5(9(10,11)12)3-6(7(15)17)14-8(18)16(2)13/h5-6,8,15H,2-4,7H2,1H3,(H2,14,16);3-4H,1-2H3,(H,14,18). The van der Waals surface area contributed by atoms with Crippen molar-refractivity contribution in [2.24, 2.45) is 7.05 Å². The number of anilines is 3. The topological polar surface area (TPSA) is 130 Å². The van der Waals surface area contributed by atoms with Crippen molar-refractivity contribution in [2.75, 3.05) is 43.2 Å². The van der Waals surface area contributed by atoms with Gasteiger partial charge in [-0.15, -0.1) is 0 Å². The van der Waals surface area contributed by atoms with Gasteiger partial charge in [-0.25, -0.2) is 14.2 Å². The number of carbonyl (C=O) groups is 1. The van der Waals surface area contributed by atoms with Crippen LogP contribution in [0.25, 0.3) is 0 Å². The van der Waals surface area contributed by atoms with Gasteiger partial charge in [0.05, 0.1) is 30.1 Å². The average Bonchev–Trinajstić information content (AvgIpc) is 2.81. The number of alkyl halides is 4. The molecule has 2 amide bonds. The third-order valence-electron chi connectivity index (χ3n) is 5.11. The van der Waals surface area contributed by atoms with Gasteiger partial charge in [0.2, 0.25) is 5.90 Å². The Kier molecular flexibility index (Phi) is 9.19. The molecule has 1 fully saturated rings. The molecule has 0 radical (unpaired) electrons. The van der Waals surface area contributed by atoms with Crippen LogP contribution in [-0.4, -0.2) is 60.0 Å². The van der Waals surface area contributed by atoms with Gasteiger partial charge in [0, 0.05) is 33.4 Å². The highest BCUT2D eigenvalue weighted by Gasteiger charge is 2.32. The van der Waals surface area contributed by atoms with Crippen LogP contribution in [-0.2, 0) is 18.0 Å². The Hall–Kier alpha value is -3.91. The van der Waals surface area contributed by atoms with Crippen LogP contribution < -0.4 is 21.5 Å². The number of urea groups is 1. The van der Waals surface area contributed by atoms with Gasteiger partial charge in [-0.3, -0.25) is 10.2 Å². The zero-order chi connectivity index (χ0) is 27.2. The molecule has 0 aromatic carbocycles. The van der Waals surface area contributed by atoms with E-state index in [9.17, 15) is 31.6 Å². The van der Waals surface area contributed by atoms with Crippen molar-refractivity contribution in [3.63, 3.8) is 0 Å². The molecule has 2 aromatic heterocycles. The molecular weight excluding hydrogens is 493 g/mol. The quantitative estimate of drug-likeness (QED) is 0.247. The molecule has 1 unspecified atom stereocenters. The normalized spacial score (nSPS) is 15.4. The highest BCUT2D eigenvalue weighted by atomic mass is 19.4. The summed E-state index contributed by atoms with van der Waals surface area (Å²) in [4.78, 5) is 28.4. The van der Waals surface area contributed by atoms with Gasteiger partial charge in [-0.05, 0) is 25.0 Å². The van der Waals surface area contributed by atoms with E-state index in [2.05, 4.69) is 4.98 Å². The molecule has 0 aliphatic carbocycles. The number of ether oxygens (including phenoxy) is 1. The predicted molar refractivity (Wildman–Crippen MR) is 123 cm³/mol. The van der Waals surface area contributed by atoms with E-state index in [-0.39, 0.29) is 16.8 Å². The first-order valence-electron chi connectivity index (χ1n) is 10.5. The largest absolute Gasteiger partial charge is 0.481 e. The number of aryl methyl sites for hydroxylation is 1. The monoisotopic (exact) mass is 519 g/mol. The Bertz CT molecular complexity index is 1150. The highest BCUT2D eigenvalue weighted by molar-refractivity contribution is 5.96. The number of carbonyl (C=O) groups excluding carboxylic acids is 1. The van der Waals surface area contributed by atoms with Crippen molar-refractivity contribution >= 4 is 29.1 Å². The number of pyridine rings is 2. The molecule has 198 valence electrons. The van der Waals surface area contributed by atoms with Crippen molar-refractivity contribution in [1.29, 1.82) is 5.41 Å². The minimum Gasteiger partial charge on any atom is -0.481 e. The number of methoxy groups -OCH3 is 1. The summed E-state index contributed by atoms with van der Waals surface area (Å²) in [6, 6.07) is 0.835. The fourth-order valence-corrected chi connectivity index (χ4v) is 3.24. The van der Waals surface area contributed by atoms with Gasteiger partial charge in [0.15, 0.2) is 0 Å². The Morgan fingerprint density at radius 3 is 2.58 bits per heavy atom. The average molecular weight is 519 g/mol. The first kappa shape index (κ1) is 28.3. The number of piperidine rings is 1. The number of hydrogen-bond acceptors (Lipinski definition) is 7. The summed E-state index contributed by atoms with van der Waals surface area (Å²) in [7, 11) is 3.24. The summed E-state index contributed by atoms with van der Waals surface area (Å²) in [6.07, 6.45) is -1.85. The molecule has 15 heteroatoms. The van der Waals surface area contributed by atoms with Gasteiger partial charge in [-0.1, -0.05) is 4.48 Å². The first-order chi connectivity index (χ1) is 16.7. The number of nitrogens with two attached hydrogens (primary N) is 1. The molecule has 0 spiro atoms. The van der Waals surface area contributed by atoms with E-state index in [4.69, 9.17) is 15.9 Å². The number of rotatable bonds is 3. The number of nitrogen functional groups attached to an aromatic ring is 1. The second kappa shape index (κ2) is 11.7. The van der Waals surface area contributed by atoms with Crippen LogP contribution in [0.3, 0.4) is 0 Å². The summed E-state index contributed by atoms with van der Waals surface area (Å²) in [5.74, 6) is 0.218. The van der Waals surface area contributed by atoms with Gasteiger partial charge in [0.25, 0.3) is 5.56 Å². The van der Waals surface area contributed by atoms with Crippen LogP contribution in [0.1, 0.15) is 24.0 Å². The van der Waals surface area contributed by atoms with E-state index < -0.39 is 35.2 Å². The minimum absolute atomic E-state index is 0.0318. The van der Waals surface area contributed by atoms with Gasteiger partial charge >= 0.3 is 12.2 Å². The summed E-state index contributed by atoms with van der Waals surface area (Å²) >= 11 is 0. The van der Waals surface area contributed by atoms with E-state index in [0.717, 1.165) is 32.7 Å². The van der Waals surface area contributed by atoms with Crippen LogP contribution >= 0.6 is 0 Å². The SMILES string of the molecule is CN(F)C(=O)Nc1cc(C(F)(F)F)cn(C)c1=O.COC(=N)c1cc(N2CCCC(F)C2)cnc1N. The van der Waals surface area contributed by atoms with Crippen LogP contribution in [0.15, 0.2) is 29.3 Å². The molecule has 1 saturated heterocycles. The Balaban J connectivity index is 0.000000254. The van der Waals surface area contributed by atoms with Crippen LogP contribution in [0.2, 0.25) is 0 Å². The van der Waals surface area contributed by atoms with Crippen molar-refractivity contribution in [3.8, 4) is 0 Å². The maximum absolute atomic E-state index is 13.4. The zero-order valence-electron chi connectivity index (χ0n) is 19.7. The first-order valence-corrected chi connectivity index (χ1v) is 10.5. The van der Waals surface area contributed by atoms with E-state index in [1.807, 2.05) is 4.90 Å². The molecule has 0 bridgehead atoms. The number of amides is 2. The summed E-state index contributed by atoms with van der Waals surface area (Å²) < 4.78 is 68.7. The fourth-order valence-electron chi connectivity index (χ4n) is 3.24. The Morgan fingerprint density at radius 1 is 1.36 bits per heavy atom. The second-order valence-corrected chi connectivity index (χ2v) is 7.81. The highest BCUT2D eigenvalue weighted by Crippen LogP contribution is 2.29. The van der Waals surface area contributed by atoms with Crippen molar-refractivity contribution in [3.05, 3.63) is 46.0 Å². The molecule has 1 atom stereocenters. The van der Waals surface area contributed by atoms with E-state index in [0.29, 0.717) is 35.4 Å². The van der Waals surface area contributed by atoms with Crippen LogP contribution in [0, 0.1) is 5.41 Å². The molecule has 10 nitrogen and oxygen atoms in total. The van der Waals surface area contributed by atoms with E-state index >= 15 is 0 Å². The Morgan fingerprint density at radius 2 is 2.03 bits per heavy atom. The van der Waals surface area contributed by atoms with Crippen molar-refractivity contribution in [2.45, 2.75) is 25.2 Å². The molecule has 0 saturated carbocycles. The molecular formula is C21H26F5N7O3. The van der Waals surface area contributed by atoms with Crippen LogP contribution in [0.5, 0.6) is 0 Å². The molecule has 3 heterocycles. The molecule has 1 aliphatic heterocycles. The summed E-state index contributed by atoms with van der Waals surface area (Å²) in [5, 5.41) is 8.99. The van der Waals surface area contributed by atoms with Crippen molar-refractivity contribution in [1.82, 2.24) is 14.7 Å². The lowest BCUT2D eigenvalue weighted by atomic mass is 10.1. The van der Waals surface area contributed by atoms with Gasteiger partial charge in [0.1, 0.15) is 17.7 Å². The molecule has 3 rings (SSSR count). The Labute approximate surface area is 202 Å². The number of hydrogen-bond donors (Lipinski definition) is 3. The zero-order valence-corrected chi connectivity index (χ0v) is 19.7. The van der Waals surface area contributed by atoms with Crippen molar-refractivity contribution < 1.29 is 31.6 Å². The third-order valence-corrected chi connectivity index (χ3v) is 5.11. The second-order valence-electron chi connectivity index (χ2n) is 7.81. The number of aromatic nitrogens is 2. The lowest BCUT2D eigenvalue weighted by Crippen LogP contribution is -2.36. The number of nitrogens with zero attached hydrogens (tertiary/aromatic N) is 4. The molecule has 2 aromatic rings. The molecule has 1 aliphatic rings. The lowest BCUT2D eigenvalue weighted by molar-refractivity contribution is -0.138. The third kappa shape index (κ3) is 7.29. The predicted octanol–water partition coefficient (Wildman–Crippen LogP) is 3.33. The summed E-state index contributed by atoms with van der Waals surface area (Å²) in [5.41, 5.74) is 4.27. The summed E-state index contributed by atoms with van der Waals surface area (Å²) in [6.45, 7) is 1.16. The lowest BCUT2D eigenvalue weighted by Gasteiger charge is -2.31.